The van der Waals surface area contributed by atoms with Gasteiger partial charge in [-0.15, -0.1) is 10.2 Å². The maximum Gasteiger partial charge on any atom is 0.203 e. The average molecular weight is 277 g/mol. The molecule has 0 spiro atoms. The van der Waals surface area contributed by atoms with Gasteiger partial charge in [0, 0.05) is 0 Å². The molecule has 2 N–H and O–H groups in total. The number of aromatic nitrogens is 2. The maximum atomic E-state index is 5.66. The molecule has 0 atom stereocenters. The minimum absolute atomic E-state index is 0.328. The molecule has 0 unspecified atom stereocenters. The van der Waals surface area contributed by atoms with Crippen LogP contribution in [0.3, 0.4) is 0 Å². The van der Waals surface area contributed by atoms with Crippen molar-refractivity contribution >= 4 is 22.5 Å². The van der Waals surface area contributed by atoms with E-state index in [9.17, 15) is 0 Å². The fourth-order valence-electron chi connectivity index (χ4n) is 1.56. The van der Waals surface area contributed by atoms with Crippen LogP contribution in [0.25, 0.3) is 6.08 Å². The van der Waals surface area contributed by atoms with E-state index >= 15 is 0 Å². The summed E-state index contributed by atoms with van der Waals surface area (Å²) in [5.74, 6) is 1.36. The van der Waals surface area contributed by atoms with Crippen LogP contribution in [-0.4, -0.2) is 17.3 Å². The van der Waals surface area contributed by atoms with Crippen LogP contribution in [0.1, 0.15) is 17.5 Å². The first kappa shape index (κ1) is 13.4. The zero-order chi connectivity index (χ0) is 13.7. The van der Waals surface area contributed by atoms with Crippen LogP contribution < -0.4 is 15.2 Å². The van der Waals surface area contributed by atoms with Crippen LogP contribution in [-0.2, 0) is 6.61 Å². The summed E-state index contributed by atoms with van der Waals surface area (Å²) in [5.41, 5.74) is 6.58. The summed E-state index contributed by atoms with van der Waals surface area (Å²) in [7, 11) is 1.62. The van der Waals surface area contributed by atoms with Gasteiger partial charge in [0.05, 0.1) is 7.11 Å². The fraction of sp³-hybridized carbons (Fsp3) is 0.231. The number of allylic oxidation sites excluding steroid dienone is 1. The van der Waals surface area contributed by atoms with Crippen LogP contribution >= 0.6 is 11.3 Å². The highest BCUT2D eigenvalue weighted by molar-refractivity contribution is 7.15. The van der Waals surface area contributed by atoms with Gasteiger partial charge in [0.15, 0.2) is 16.5 Å². The molecule has 1 aromatic heterocycles. The monoisotopic (exact) mass is 277 g/mol. The fourth-order valence-corrected chi connectivity index (χ4v) is 2.09. The van der Waals surface area contributed by atoms with Crippen molar-refractivity contribution in [2.24, 2.45) is 0 Å². The molecule has 100 valence electrons. The number of hydrogen-bond donors (Lipinski definition) is 1. The van der Waals surface area contributed by atoms with Gasteiger partial charge in [-0.3, -0.25) is 0 Å². The summed E-state index contributed by atoms with van der Waals surface area (Å²) in [4.78, 5) is 0. The Bertz CT molecular complexity index is 581. The SMILES string of the molecule is C/C=C/c1ccc(OCc2nnc(N)s2)c(OC)c1. The molecule has 0 radical (unpaired) electrons. The van der Waals surface area contributed by atoms with Gasteiger partial charge in [0.25, 0.3) is 0 Å². The molecule has 0 aliphatic carbocycles. The van der Waals surface area contributed by atoms with E-state index < -0.39 is 0 Å². The summed E-state index contributed by atoms with van der Waals surface area (Å²) in [6.45, 7) is 2.30. The smallest absolute Gasteiger partial charge is 0.203 e. The third kappa shape index (κ3) is 3.45. The van der Waals surface area contributed by atoms with E-state index in [1.165, 1.54) is 11.3 Å². The average Bonchev–Trinajstić information content (AvgIpc) is 2.83. The molecular formula is C13H15N3O2S. The van der Waals surface area contributed by atoms with Gasteiger partial charge in [0.2, 0.25) is 5.13 Å². The number of nitrogen functional groups attached to an aromatic ring is 1. The Hall–Kier alpha value is -2.08. The van der Waals surface area contributed by atoms with Gasteiger partial charge >= 0.3 is 0 Å². The second-order valence-electron chi connectivity index (χ2n) is 3.73. The second-order valence-corrected chi connectivity index (χ2v) is 4.83. The van der Waals surface area contributed by atoms with Crippen molar-refractivity contribution in [2.75, 3.05) is 12.8 Å². The highest BCUT2D eigenvalue weighted by Crippen LogP contribution is 2.29. The standard InChI is InChI=1S/C13H15N3O2S/c1-3-4-9-5-6-10(11(7-9)17-2)18-8-12-15-16-13(14)19-12/h3-7H,8H2,1-2H3,(H2,14,16)/b4-3+. The lowest BCUT2D eigenvalue weighted by molar-refractivity contribution is 0.283. The lowest BCUT2D eigenvalue weighted by atomic mass is 10.2. The summed E-state index contributed by atoms with van der Waals surface area (Å²) >= 11 is 1.31. The predicted molar refractivity (Wildman–Crippen MR) is 76.4 cm³/mol. The lowest BCUT2D eigenvalue weighted by Gasteiger charge is -2.10. The van der Waals surface area contributed by atoms with Crippen molar-refractivity contribution in [2.45, 2.75) is 13.5 Å². The molecule has 0 bridgehead atoms. The first-order valence-electron chi connectivity index (χ1n) is 5.74. The molecular weight excluding hydrogens is 262 g/mol. The molecule has 0 aliphatic rings. The number of ether oxygens (including phenoxy) is 2. The molecule has 0 amide bonds. The Kier molecular flexibility index (Phi) is 4.35. The number of nitrogens with zero attached hydrogens (tertiary/aromatic N) is 2. The van der Waals surface area contributed by atoms with Crippen LogP contribution in [0, 0.1) is 0 Å². The third-order valence-corrected chi connectivity index (χ3v) is 3.11. The lowest BCUT2D eigenvalue weighted by Crippen LogP contribution is -1.97. The third-order valence-electron chi connectivity index (χ3n) is 2.38. The Morgan fingerprint density at radius 3 is 2.79 bits per heavy atom. The van der Waals surface area contributed by atoms with Gasteiger partial charge < -0.3 is 15.2 Å². The first-order chi connectivity index (χ1) is 9.22. The topological polar surface area (TPSA) is 70.3 Å². The van der Waals surface area contributed by atoms with E-state index in [1.807, 2.05) is 37.3 Å². The van der Waals surface area contributed by atoms with Crippen LogP contribution in [0.2, 0.25) is 0 Å². The van der Waals surface area contributed by atoms with Gasteiger partial charge in [-0.25, -0.2) is 0 Å². The van der Waals surface area contributed by atoms with E-state index in [0.717, 1.165) is 10.6 Å². The number of methoxy groups -OCH3 is 1. The van der Waals surface area contributed by atoms with Crippen LogP contribution in [0.15, 0.2) is 24.3 Å². The highest BCUT2D eigenvalue weighted by atomic mass is 32.1. The van der Waals surface area contributed by atoms with Gasteiger partial charge in [-0.05, 0) is 24.6 Å². The molecule has 1 heterocycles. The van der Waals surface area contributed by atoms with E-state index in [2.05, 4.69) is 10.2 Å². The maximum absolute atomic E-state index is 5.66. The number of anilines is 1. The van der Waals surface area contributed by atoms with Crippen molar-refractivity contribution in [1.82, 2.24) is 10.2 Å². The molecule has 5 nitrogen and oxygen atoms in total. The second kappa shape index (κ2) is 6.19. The Balaban J connectivity index is 2.11. The van der Waals surface area contributed by atoms with Gasteiger partial charge in [-0.2, -0.15) is 0 Å². The van der Waals surface area contributed by atoms with Crippen molar-refractivity contribution in [3.63, 3.8) is 0 Å². The summed E-state index contributed by atoms with van der Waals surface area (Å²) < 4.78 is 11.0. The normalized spacial score (nSPS) is 10.8. The van der Waals surface area contributed by atoms with E-state index in [0.29, 0.717) is 23.2 Å². The van der Waals surface area contributed by atoms with E-state index in [1.54, 1.807) is 7.11 Å². The van der Waals surface area contributed by atoms with Crippen molar-refractivity contribution in [3.8, 4) is 11.5 Å². The predicted octanol–water partition coefficient (Wildman–Crippen LogP) is 2.74. The summed E-state index contributed by atoms with van der Waals surface area (Å²) in [5, 5.41) is 8.81. The molecule has 0 aliphatic heterocycles. The first-order valence-corrected chi connectivity index (χ1v) is 6.56. The Morgan fingerprint density at radius 2 is 2.16 bits per heavy atom. The van der Waals surface area contributed by atoms with Crippen LogP contribution in [0.5, 0.6) is 11.5 Å². The van der Waals surface area contributed by atoms with Crippen LogP contribution in [0.4, 0.5) is 5.13 Å². The molecule has 0 saturated heterocycles. The van der Waals surface area contributed by atoms with Gasteiger partial charge in [0.1, 0.15) is 6.61 Å². The Morgan fingerprint density at radius 1 is 1.32 bits per heavy atom. The zero-order valence-electron chi connectivity index (χ0n) is 10.8. The molecule has 2 rings (SSSR count). The Labute approximate surface area is 115 Å². The molecule has 0 fully saturated rings. The number of nitrogens with two attached hydrogens (primary N) is 1. The number of hydrogen-bond acceptors (Lipinski definition) is 6. The molecule has 0 saturated carbocycles. The molecule has 1 aromatic carbocycles. The minimum atomic E-state index is 0.328. The summed E-state index contributed by atoms with van der Waals surface area (Å²) in [6, 6.07) is 5.76. The minimum Gasteiger partial charge on any atom is -0.493 e. The van der Waals surface area contributed by atoms with E-state index in [4.69, 9.17) is 15.2 Å². The number of benzene rings is 1. The van der Waals surface area contributed by atoms with Crippen molar-refractivity contribution in [3.05, 3.63) is 34.8 Å². The van der Waals surface area contributed by atoms with Crippen molar-refractivity contribution < 1.29 is 9.47 Å². The summed E-state index contributed by atoms with van der Waals surface area (Å²) in [6.07, 6.45) is 3.97. The molecule has 6 heteroatoms. The molecule has 2 aromatic rings. The molecule has 19 heavy (non-hydrogen) atoms. The quantitative estimate of drug-likeness (QED) is 0.910. The zero-order valence-corrected chi connectivity index (χ0v) is 11.6. The largest absolute Gasteiger partial charge is 0.493 e. The van der Waals surface area contributed by atoms with E-state index in [-0.39, 0.29) is 0 Å². The highest BCUT2D eigenvalue weighted by Gasteiger charge is 2.07. The number of rotatable bonds is 5. The van der Waals surface area contributed by atoms with Gasteiger partial charge in [-0.1, -0.05) is 29.6 Å². The van der Waals surface area contributed by atoms with Crippen molar-refractivity contribution in [1.29, 1.82) is 0 Å².